The lowest BCUT2D eigenvalue weighted by Crippen LogP contribution is -2.28. The minimum absolute atomic E-state index is 0.146. The van der Waals surface area contributed by atoms with Crippen molar-refractivity contribution in [2.24, 2.45) is 5.73 Å². The smallest absolute Gasteiger partial charge is 0.247 e. The van der Waals surface area contributed by atoms with Crippen molar-refractivity contribution in [3.8, 4) is 0 Å². The lowest BCUT2D eigenvalue weighted by molar-refractivity contribution is -0.117. The third kappa shape index (κ3) is 3.35. The summed E-state index contributed by atoms with van der Waals surface area (Å²) >= 11 is 0. The number of amides is 1. The number of halogens is 1. The van der Waals surface area contributed by atoms with Crippen LogP contribution in [0.3, 0.4) is 0 Å². The minimum Gasteiger partial charge on any atom is -0.316 e. The molecule has 0 fully saturated rings. The topological polar surface area (TPSA) is 68.0 Å². The van der Waals surface area contributed by atoms with Crippen LogP contribution in [0.25, 0.3) is 0 Å². The molecule has 1 aromatic heterocycles. The molecule has 5 heteroatoms. The van der Waals surface area contributed by atoms with E-state index in [0.29, 0.717) is 5.56 Å². The quantitative estimate of drug-likeness (QED) is 0.830. The van der Waals surface area contributed by atoms with E-state index >= 15 is 0 Å². The van der Waals surface area contributed by atoms with Crippen LogP contribution in [0.15, 0.2) is 42.5 Å². The van der Waals surface area contributed by atoms with E-state index in [1.807, 2.05) is 19.1 Å². The van der Waals surface area contributed by atoms with Crippen molar-refractivity contribution in [3.05, 3.63) is 59.5 Å². The normalized spacial score (nSPS) is 11.9. The van der Waals surface area contributed by atoms with Gasteiger partial charge in [-0.25, -0.2) is 4.98 Å². The summed E-state index contributed by atoms with van der Waals surface area (Å²) in [6.45, 7) is 1.95. The molecular formula is C14H14FN3O. The van der Waals surface area contributed by atoms with Crippen LogP contribution in [0.4, 0.5) is 10.2 Å². The van der Waals surface area contributed by atoms with Crippen LogP contribution >= 0.6 is 0 Å². The minimum atomic E-state index is -0.814. The fraction of sp³-hybridized carbons (Fsp3) is 0.143. The molecule has 0 spiro atoms. The first-order valence-electron chi connectivity index (χ1n) is 5.82. The number of nitrogens with zero attached hydrogens (tertiary/aromatic N) is 1. The molecule has 0 saturated carbocycles. The second-order valence-electron chi connectivity index (χ2n) is 4.22. The van der Waals surface area contributed by atoms with E-state index < -0.39 is 17.9 Å². The Bertz CT molecular complexity index is 583. The molecule has 1 heterocycles. The fourth-order valence-electron chi connectivity index (χ4n) is 1.61. The Labute approximate surface area is 110 Å². The van der Waals surface area contributed by atoms with Gasteiger partial charge in [-0.05, 0) is 24.6 Å². The Kier molecular flexibility index (Phi) is 3.87. The lowest BCUT2D eigenvalue weighted by Gasteiger charge is -2.12. The number of carbonyl (C=O) groups is 1. The molecule has 3 N–H and O–H groups in total. The summed E-state index contributed by atoms with van der Waals surface area (Å²) < 4.78 is 12.9. The Morgan fingerprint density at radius 2 is 1.95 bits per heavy atom. The zero-order valence-electron chi connectivity index (χ0n) is 10.4. The third-order valence-electron chi connectivity index (χ3n) is 2.69. The van der Waals surface area contributed by atoms with Gasteiger partial charge < -0.3 is 11.1 Å². The van der Waals surface area contributed by atoms with Gasteiger partial charge in [-0.3, -0.25) is 4.79 Å². The molecule has 4 nitrogen and oxygen atoms in total. The van der Waals surface area contributed by atoms with Gasteiger partial charge in [0.15, 0.2) is 0 Å². The highest BCUT2D eigenvalue weighted by molar-refractivity contribution is 5.94. The molecule has 0 radical (unpaired) electrons. The molecule has 98 valence electrons. The number of carbonyl (C=O) groups excluding carboxylic acids is 1. The van der Waals surface area contributed by atoms with Gasteiger partial charge in [0, 0.05) is 0 Å². The summed E-state index contributed by atoms with van der Waals surface area (Å²) in [5.41, 5.74) is 7.62. The van der Waals surface area contributed by atoms with Crippen molar-refractivity contribution in [1.82, 2.24) is 4.98 Å². The number of anilines is 1. The first kappa shape index (κ1) is 13.2. The molecule has 1 aromatic carbocycles. The molecule has 1 amide bonds. The van der Waals surface area contributed by atoms with Crippen molar-refractivity contribution >= 4 is 11.7 Å². The van der Waals surface area contributed by atoms with Gasteiger partial charge in [-0.1, -0.05) is 35.9 Å². The predicted molar refractivity (Wildman–Crippen MR) is 70.9 cm³/mol. The van der Waals surface area contributed by atoms with Crippen LogP contribution in [0.2, 0.25) is 0 Å². The zero-order chi connectivity index (χ0) is 13.8. The monoisotopic (exact) mass is 259 g/mol. The predicted octanol–water partition coefficient (Wildman–Crippen LogP) is 2.17. The molecular weight excluding hydrogens is 245 g/mol. The summed E-state index contributed by atoms with van der Waals surface area (Å²) in [5, 5.41) is 2.48. The van der Waals surface area contributed by atoms with Crippen molar-refractivity contribution in [3.63, 3.8) is 0 Å². The number of aromatic nitrogens is 1. The van der Waals surface area contributed by atoms with Crippen molar-refractivity contribution < 1.29 is 9.18 Å². The number of benzene rings is 1. The molecule has 0 aliphatic rings. The Hall–Kier alpha value is -2.27. The lowest BCUT2D eigenvalue weighted by atomic mass is 10.1. The Morgan fingerprint density at radius 1 is 1.26 bits per heavy atom. The summed E-state index contributed by atoms with van der Waals surface area (Å²) in [6.07, 6.45) is 0. The highest BCUT2D eigenvalue weighted by atomic mass is 19.1. The van der Waals surface area contributed by atoms with Crippen LogP contribution in [0.5, 0.6) is 0 Å². The average Bonchev–Trinajstić information content (AvgIpc) is 2.39. The number of aryl methyl sites for hydroxylation is 1. The third-order valence-corrected chi connectivity index (χ3v) is 2.69. The Balaban J connectivity index is 2.09. The van der Waals surface area contributed by atoms with Crippen molar-refractivity contribution in [2.75, 3.05) is 5.32 Å². The fourth-order valence-corrected chi connectivity index (χ4v) is 1.61. The Morgan fingerprint density at radius 3 is 2.58 bits per heavy atom. The standard InChI is InChI=1S/C14H14FN3O/c1-9-5-7-10(8-6-9)13(16)14(19)18-12-4-2-3-11(15)17-12/h2-8,13H,16H2,1H3,(H,17,18,19). The van der Waals surface area contributed by atoms with Crippen molar-refractivity contribution in [2.45, 2.75) is 13.0 Å². The second-order valence-corrected chi connectivity index (χ2v) is 4.22. The van der Waals surface area contributed by atoms with E-state index in [0.717, 1.165) is 5.56 Å². The molecule has 1 unspecified atom stereocenters. The maximum atomic E-state index is 12.9. The number of hydrogen-bond donors (Lipinski definition) is 2. The van der Waals surface area contributed by atoms with Crippen LogP contribution in [0, 0.1) is 12.9 Å². The number of nitrogens with one attached hydrogen (secondary N) is 1. The van der Waals surface area contributed by atoms with E-state index in [1.165, 1.54) is 18.2 Å². The molecule has 19 heavy (non-hydrogen) atoms. The first-order chi connectivity index (χ1) is 9.06. The van der Waals surface area contributed by atoms with E-state index in [2.05, 4.69) is 10.3 Å². The van der Waals surface area contributed by atoms with Crippen LogP contribution in [-0.4, -0.2) is 10.9 Å². The van der Waals surface area contributed by atoms with Crippen LogP contribution < -0.4 is 11.1 Å². The van der Waals surface area contributed by atoms with Gasteiger partial charge in [0.1, 0.15) is 11.9 Å². The largest absolute Gasteiger partial charge is 0.316 e. The van der Waals surface area contributed by atoms with E-state index in [1.54, 1.807) is 12.1 Å². The van der Waals surface area contributed by atoms with Crippen LogP contribution in [-0.2, 0) is 4.79 Å². The molecule has 1 atom stereocenters. The maximum Gasteiger partial charge on any atom is 0.247 e. The van der Waals surface area contributed by atoms with Gasteiger partial charge >= 0.3 is 0 Å². The maximum absolute atomic E-state index is 12.9. The van der Waals surface area contributed by atoms with E-state index in [9.17, 15) is 9.18 Å². The summed E-state index contributed by atoms with van der Waals surface area (Å²) in [4.78, 5) is 15.5. The highest BCUT2D eigenvalue weighted by Crippen LogP contribution is 2.14. The molecule has 0 aliphatic carbocycles. The summed E-state index contributed by atoms with van der Waals surface area (Å²) in [6, 6.07) is 10.7. The van der Waals surface area contributed by atoms with Crippen molar-refractivity contribution in [1.29, 1.82) is 0 Å². The van der Waals surface area contributed by atoms with Gasteiger partial charge in [0.05, 0.1) is 0 Å². The summed E-state index contributed by atoms with van der Waals surface area (Å²) in [5.74, 6) is -0.934. The van der Waals surface area contributed by atoms with E-state index in [-0.39, 0.29) is 5.82 Å². The highest BCUT2D eigenvalue weighted by Gasteiger charge is 2.16. The van der Waals surface area contributed by atoms with Gasteiger partial charge in [0.25, 0.3) is 0 Å². The number of rotatable bonds is 3. The molecule has 2 aromatic rings. The van der Waals surface area contributed by atoms with Gasteiger partial charge in [-0.2, -0.15) is 4.39 Å². The van der Waals surface area contributed by atoms with Gasteiger partial charge in [0.2, 0.25) is 11.9 Å². The molecule has 0 aliphatic heterocycles. The first-order valence-corrected chi connectivity index (χ1v) is 5.82. The van der Waals surface area contributed by atoms with Crippen LogP contribution in [0.1, 0.15) is 17.2 Å². The van der Waals surface area contributed by atoms with E-state index in [4.69, 9.17) is 5.73 Å². The zero-order valence-corrected chi connectivity index (χ0v) is 10.4. The second kappa shape index (κ2) is 5.58. The number of pyridine rings is 1. The number of nitrogens with two attached hydrogens (primary N) is 1. The molecule has 0 saturated heterocycles. The summed E-state index contributed by atoms with van der Waals surface area (Å²) in [7, 11) is 0. The molecule has 0 bridgehead atoms. The average molecular weight is 259 g/mol. The SMILES string of the molecule is Cc1ccc(C(N)C(=O)Nc2cccc(F)n2)cc1. The van der Waals surface area contributed by atoms with Gasteiger partial charge in [-0.15, -0.1) is 0 Å². The molecule has 2 rings (SSSR count). The number of hydrogen-bond acceptors (Lipinski definition) is 3.